The van der Waals surface area contributed by atoms with Crippen LogP contribution >= 0.6 is 11.3 Å². The molecule has 0 fully saturated rings. The Bertz CT molecular complexity index is 939. The second-order valence-corrected chi connectivity index (χ2v) is 7.16. The van der Waals surface area contributed by atoms with Crippen molar-refractivity contribution in [3.05, 3.63) is 58.9 Å². The Morgan fingerprint density at radius 2 is 1.85 bits per heavy atom. The number of carbonyl (C=O) groups excluding carboxylic acids is 1. The van der Waals surface area contributed by atoms with Gasteiger partial charge in [-0.2, -0.15) is 4.99 Å². The Kier molecular flexibility index (Phi) is 6.23. The summed E-state index contributed by atoms with van der Waals surface area (Å²) in [5, 5.41) is 0. The van der Waals surface area contributed by atoms with Crippen molar-refractivity contribution in [1.29, 1.82) is 0 Å². The summed E-state index contributed by atoms with van der Waals surface area (Å²) in [6, 6.07) is 15.4. The smallest absolute Gasteiger partial charge is 0.279 e. The molecule has 0 bridgehead atoms. The fourth-order valence-electron chi connectivity index (χ4n) is 2.73. The molecule has 0 N–H and O–H groups in total. The molecule has 0 aliphatic carbocycles. The number of unbranched alkanes of at least 4 members (excludes halogenated alkanes) is 1. The van der Waals surface area contributed by atoms with E-state index in [9.17, 15) is 4.79 Å². The zero-order chi connectivity index (χ0) is 18.4. The molecule has 4 nitrogen and oxygen atoms in total. The van der Waals surface area contributed by atoms with Gasteiger partial charge in [0.2, 0.25) is 0 Å². The molecule has 0 saturated carbocycles. The maximum atomic E-state index is 12.6. The van der Waals surface area contributed by atoms with Gasteiger partial charge in [0.05, 0.1) is 16.8 Å². The van der Waals surface area contributed by atoms with Crippen LogP contribution in [0.4, 0.5) is 0 Å². The van der Waals surface area contributed by atoms with Gasteiger partial charge in [0.25, 0.3) is 5.91 Å². The van der Waals surface area contributed by atoms with Crippen molar-refractivity contribution in [2.24, 2.45) is 4.99 Å². The van der Waals surface area contributed by atoms with E-state index in [2.05, 4.69) is 35.5 Å². The molecular weight excluding hydrogens is 344 g/mol. The number of rotatable bonds is 7. The first kappa shape index (κ1) is 18.4. The quantitative estimate of drug-likeness (QED) is 0.549. The molecule has 1 heterocycles. The average molecular weight is 369 g/mol. The van der Waals surface area contributed by atoms with Gasteiger partial charge in [-0.05, 0) is 49.2 Å². The highest BCUT2D eigenvalue weighted by atomic mass is 32.1. The Balaban J connectivity index is 1.86. The Morgan fingerprint density at radius 3 is 2.58 bits per heavy atom. The van der Waals surface area contributed by atoms with Gasteiger partial charge in [0.15, 0.2) is 4.80 Å². The molecule has 0 unspecified atom stereocenters. The lowest BCUT2D eigenvalue weighted by atomic mass is 10.2. The highest BCUT2D eigenvalue weighted by Crippen LogP contribution is 2.18. The number of hydrogen-bond acceptors (Lipinski definition) is 3. The molecule has 0 aliphatic rings. The Labute approximate surface area is 157 Å². The topological polar surface area (TPSA) is 43.6 Å². The van der Waals surface area contributed by atoms with Crippen LogP contribution in [0.15, 0.2) is 53.5 Å². The van der Waals surface area contributed by atoms with Gasteiger partial charge in [-0.1, -0.05) is 43.7 Å². The third-order valence-electron chi connectivity index (χ3n) is 4.10. The Morgan fingerprint density at radius 1 is 1.08 bits per heavy atom. The molecule has 2 aromatic carbocycles. The van der Waals surface area contributed by atoms with Gasteiger partial charge in [-0.3, -0.25) is 4.79 Å². The molecule has 136 valence electrons. The summed E-state index contributed by atoms with van der Waals surface area (Å²) in [6.45, 7) is 5.81. The molecule has 0 spiro atoms. The second kappa shape index (κ2) is 8.81. The molecule has 0 radical (unpaired) electrons. The number of nitrogens with zero attached hydrogens (tertiary/aromatic N) is 2. The summed E-state index contributed by atoms with van der Waals surface area (Å²) >= 11 is 1.55. The first-order valence-electron chi connectivity index (χ1n) is 9.13. The van der Waals surface area contributed by atoms with Crippen LogP contribution in [-0.2, 0) is 6.54 Å². The van der Waals surface area contributed by atoms with Crippen LogP contribution in [0.2, 0.25) is 0 Å². The van der Waals surface area contributed by atoms with Gasteiger partial charge in [0, 0.05) is 12.1 Å². The number of carbonyl (C=O) groups is 1. The first-order chi connectivity index (χ1) is 12.7. The van der Waals surface area contributed by atoms with Crippen LogP contribution < -0.4 is 9.54 Å². The third kappa shape index (κ3) is 4.22. The average Bonchev–Trinajstić information content (AvgIpc) is 3.00. The summed E-state index contributed by atoms with van der Waals surface area (Å²) in [4.78, 5) is 17.7. The van der Waals surface area contributed by atoms with Crippen LogP contribution in [0.5, 0.6) is 5.75 Å². The lowest BCUT2D eigenvalue weighted by molar-refractivity contribution is 0.0998. The summed E-state index contributed by atoms with van der Waals surface area (Å²) in [5.74, 6) is 0.569. The third-order valence-corrected chi connectivity index (χ3v) is 5.16. The molecule has 3 aromatic rings. The lowest BCUT2D eigenvalue weighted by Crippen LogP contribution is -2.16. The largest absolute Gasteiger partial charge is 0.494 e. The van der Waals surface area contributed by atoms with Crippen molar-refractivity contribution in [2.75, 3.05) is 6.61 Å². The maximum Gasteiger partial charge on any atom is 0.279 e. The highest BCUT2D eigenvalue weighted by molar-refractivity contribution is 7.16. The van der Waals surface area contributed by atoms with Crippen molar-refractivity contribution in [1.82, 2.24) is 4.57 Å². The van der Waals surface area contributed by atoms with E-state index in [1.54, 1.807) is 23.5 Å². The molecule has 26 heavy (non-hydrogen) atoms. The van der Waals surface area contributed by atoms with Crippen LogP contribution in [0.25, 0.3) is 10.2 Å². The number of amides is 1. The van der Waals surface area contributed by atoms with E-state index in [4.69, 9.17) is 4.74 Å². The summed E-state index contributed by atoms with van der Waals surface area (Å²) in [6.07, 6.45) is 3.12. The van der Waals surface area contributed by atoms with Crippen molar-refractivity contribution >= 4 is 27.5 Å². The highest BCUT2D eigenvalue weighted by Gasteiger charge is 2.09. The number of hydrogen-bond donors (Lipinski definition) is 0. The predicted octanol–water partition coefficient (Wildman–Crippen LogP) is 5.03. The number of para-hydroxylation sites is 1. The summed E-state index contributed by atoms with van der Waals surface area (Å²) in [7, 11) is 0. The van der Waals surface area contributed by atoms with E-state index in [0.717, 1.165) is 46.6 Å². The van der Waals surface area contributed by atoms with E-state index in [-0.39, 0.29) is 5.91 Å². The number of thiazole rings is 1. The van der Waals surface area contributed by atoms with Gasteiger partial charge in [-0.15, -0.1) is 0 Å². The van der Waals surface area contributed by atoms with Crippen LogP contribution in [0.1, 0.15) is 43.5 Å². The number of fused-ring (bicyclic) bond motifs is 1. The van der Waals surface area contributed by atoms with Gasteiger partial charge in [-0.25, -0.2) is 0 Å². The number of ether oxygens (including phenoxy) is 1. The van der Waals surface area contributed by atoms with Crippen LogP contribution in [0.3, 0.4) is 0 Å². The predicted molar refractivity (Wildman–Crippen MR) is 107 cm³/mol. The van der Waals surface area contributed by atoms with E-state index in [0.29, 0.717) is 12.2 Å². The van der Waals surface area contributed by atoms with Crippen LogP contribution in [0, 0.1) is 0 Å². The normalized spacial score (nSPS) is 11.8. The standard InChI is InChI=1S/C21H24N2O2S/c1-3-5-15-25-17-12-10-16(11-13-17)20(24)22-21-23(14-4-2)18-8-6-7-9-19(18)26-21/h6-13H,3-5,14-15H2,1-2H3. The summed E-state index contributed by atoms with van der Waals surface area (Å²) < 4.78 is 8.92. The van der Waals surface area contributed by atoms with E-state index >= 15 is 0 Å². The van der Waals surface area contributed by atoms with Crippen LogP contribution in [-0.4, -0.2) is 17.1 Å². The zero-order valence-corrected chi connectivity index (χ0v) is 16.1. The molecule has 0 saturated heterocycles. The molecule has 0 atom stereocenters. The van der Waals surface area contributed by atoms with Crippen molar-refractivity contribution in [3.8, 4) is 5.75 Å². The fourth-order valence-corrected chi connectivity index (χ4v) is 3.78. The van der Waals surface area contributed by atoms with E-state index < -0.39 is 0 Å². The minimum atomic E-state index is -0.221. The molecule has 0 aliphatic heterocycles. The fraction of sp³-hybridized carbons (Fsp3) is 0.333. The van der Waals surface area contributed by atoms with Gasteiger partial charge >= 0.3 is 0 Å². The minimum Gasteiger partial charge on any atom is -0.494 e. The number of aromatic nitrogens is 1. The van der Waals surface area contributed by atoms with Gasteiger partial charge in [0.1, 0.15) is 5.75 Å². The molecule has 1 amide bonds. The van der Waals surface area contributed by atoms with Gasteiger partial charge < -0.3 is 9.30 Å². The molecule has 5 heteroatoms. The Hall–Kier alpha value is -2.40. The van der Waals surface area contributed by atoms with Crippen molar-refractivity contribution in [2.45, 2.75) is 39.7 Å². The lowest BCUT2D eigenvalue weighted by Gasteiger charge is -2.05. The van der Waals surface area contributed by atoms with Crippen molar-refractivity contribution < 1.29 is 9.53 Å². The maximum absolute atomic E-state index is 12.6. The molecular formula is C21H24N2O2S. The molecule has 3 rings (SSSR count). The number of benzene rings is 2. The minimum absolute atomic E-state index is 0.221. The SMILES string of the molecule is CCCCOc1ccc(C(=O)N=c2sc3ccccc3n2CCC)cc1. The van der Waals surface area contributed by atoms with E-state index in [1.807, 2.05) is 24.3 Å². The first-order valence-corrected chi connectivity index (χ1v) is 9.95. The van der Waals surface area contributed by atoms with E-state index in [1.165, 1.54) is 0 Å². The monoisotopic (exact) mass is 368 g/mol. The van der Waals surface area contributed by atoms with Crippen molar-refractivity contribution in [3.63, 3.8) is 0 Å². The second-order valence-electron chi connectivity index (χ2n) is 6.15. The summed E-state index contributed by atoms with van der Waals surface area (Å²) in [5.41, 5.74) is 1.71. The number of aryl methyl sites for hydroxylation is 1. The molecule has 1 aromatic heterocycles. The zero-order valence-electron chi connectivity index (χ0n) is 15.3.